The highest BCUT2D eigenvalue weighted by Crippen LogP contribution is 2.33. The highest BCUT2D eigenvalue weighted by Gasteiger charge is 2.38. The molecule has 36 heavy (non-hydrogen) atoms. The number of likely N-dealkylation sites (tertiary alicyclic amines) is 1. The van der Waals surface area contributed by atoms with E-state index in [1.54, 1.807) is 0 Å². The number of halogens is 6. The molecular formula is C21H23F6N7OS. The molecule has 1 saturated heterocycles. The van der Waals surface area contributed by atoms with Crippen LogP contribution in [0.3, 0.4) is 0 Å². The van der Waals surface area contributed by atoms with Gasteiger partial charge < -0.3 is 27.4 Å². The van der Waals surface area contributed by atoms with E-state index in [-0.39, 0.29) is 28.7 Å². The van der Waals surface area contributed by atoms with Crippen LogP contribution < -0.4 is 22.5 Å². The number of aliphatic imine (C=N–C) groups is 1. The number of rotatable bonds is 6. The normalized spacial score (nSPS) is 18.9. The van der Waals surface area contributed by atoms with Crippen LogP contribution in [0.25, 0.3) is 10.6 Å². The molecule has 7 N–H and O–H groups in total. The molecule has 3 rings (SSSR count). The summed E-state index contributed by atoms with van der Waals surface area (Å²) in [5.41, 5.74) is 15.8. The third-order valence-corrected chi connectivity index (χ3v) is 6.03. The van der Waals surface area contributed by atoms with Crippen LogP contribution in [0, 0.1) is 11.6 Å². The second kappa shape index (κ2) is 11.2. The molecule has 2 heterocycles. The van der Waals surface area contributed by atoms with Crippen LogP contribution in [0.15, 0.2) is 35.1 Å². The number of nitrogen functional groups attached to an aromatic ring is 1. The Balaban J connectivity index is 1.91. The van der Waals surface area contributed by atoms with E-state index in [2.05, 4.69) is 15.3 Å². The molecule has 8 nitrogen and oxygen atoms in total. The average Bonchev–Trinajstić information content (AvgIpc) is 3.09. The molecule has 1 atom stereocenters. The van der Waals surface area contributed by atoms with E-state index in [9.17, 15) is 31.1 Å². The first kappa shape index (κ1) is 27.3. The van der Waals surface area contributed by atoms with E-state index in [4.69, 9.17) is 17.2 Å². The number of amidine groups is 1. The highest BCUT2D eigenvalue weighted by molar-refractivity contribution is 7.19. The van der Waals surface area contributed by atoms with Crippen LogP contribution in [0.5, 0.6) is 0 Å². The number of hydrogen-bond donors (Lipinski definition) is 4. The lowest BCUT2D eigenvalue weighted by molar-refractivity contribution is -0.0204. The van der Waals surface area contributed by atoms with Crippen LogP contribution in [0.1, 0.15) is 23.3 Å². The molecule has 15 heteroatoms. The molecule has 0 saturated carbocycles. The van der Waals surface area contributed by atoms with Gasteiger partial charge in [0.1, 0.15) is 34.0 Å². The second-order valence-corrected chi connectivity index (χ2v) is 8.98. The zero-order valence-corrected chi connectivity index (χ0v) is 19.5. The van der Waals surface area contributed by atoms with E-state index in [0.29, 0.717) is 11.3 Å². The Morgan fingerprint density at radius 3 is 2.61 bits per heavy atom. The zero-order chi connectivity index (χ0) is 26.6. The van der Waals surface area contributed by atoms with Gasteiger partial charge in [-0.1, -0.05) is 17.4 Å². The maximum Gasteiger partial charge on any atom is 0.277 e. The topological polar surface area (TPSA) is 136 Å². The Labute approximate surface area is 205 Å². The first-order chi connectivity index (χ1) is 16.9. The van der Waals surface area contributed by atoms with Crippen LogP contribution in [0.2, 0.25) is 0 Å². The van der Waals surface area contributed by atoms with Gasteiger partial charge in [0.2, 0.25) is 0 Å². The number of nitrogens with two attached hydrogens (primary N) is 3. The fourth-order valence-corrected chi connectivity index (χ4v) is 4.46. The Morgan fingerprint density at radius 1 is 1.33 bits per heavy atom. The van der Waals surface area contributed by atoms with Gasteiger partial charge in [-0.05, 0) is 18.6 Å². The van der Waals surface area contributed by atoms with Crippen LogP contribution in [0.4, 0.5) is 31.3 Å². The molecule has 2 aromatic rings. The molecule has 196 valence electrons. The molecule has 1 amide bonds. The summed E-state index contributed by atoms with van der Waals surface area (Å²) in [6, 6.07) is 2.31. The summed E-state index contributed by atoms with van der Waals surface area (Å²) in [5, 5.41) is 1.85. The molecule has 0 aliphatic carbocycles. The Bertz CT molecular complexity index is 1150. The predicted molar refractivity (Wildman–Crippen MR) is 124 cm³/mol. The third-order valence-electron chi connectivity index (χ3n) is 5.13. The Hall–Kier alpha value is -3.33. The quantitative estimate of drug-likeness (QED) is 0.255. The number of amides is 1. The van der Waals surface area contributed by atoms with E-state index >= 15 is 0 Å². The lowest BCUT2D eigenvalue weighted by atomic mass is 10.1. The van der Waals surface area contributed by atoms with Crippen molar-refractivity contribution in [2.45, 2.75) is 31.2 Å². The number of nitrogens with one attached hydrogen (secondary N) is 1. The van der Waals surface area contributed by atoms with Gasteiger partial charge in [0, 0.05) is 25.2 Å². The van der Waals surface area contributed by atoms with Crippen LogP contribution in [-0.2, 0) is 0 Å². The van der Waals surface area contributed by atoms with Crippen molar-refractivity contribution in [2.75, 3.05) is 25.4 Å². The second-order valence-electron chi connectivity index (χ2n) is 7.95. The Morgan fingerprint density at radius 2 is 2.00 bits per heavy atom. The number of thiazole rings is 1. The van der Waals surface area contributed by atoms with Gasteiger partial charge in [-0.3, -0.25) is 9.79 Å². The van der Waals surface area contributed by atoms with Gasteiger partial charge in [-0.15, -0.1) is 0 Å². The van der Waals surface area contributed by atoms with Crippen molar-refractivity contribution in [3.05, 3.63) is 47.4 Å². The number of benzene rings is 1. The van der Waals surface area contributed by atoms with E-state index in [0.717, 1.165) is 29.3 Å². The lowest BCUT2D eigenvalue weighted by Gasteiger charge is -2.28. The molecule has 0 bridgehead atoms. The molecule has 1 aliphatic rings. The smallest absolute Gasteiger partial charge is 0.277 e. The summed E-state index contributed by atoms with van der Waals surface area (Å²) in [4.78, 5) is 21.5. The van der Waals surface area contributed by atoms with Gasteiger partial charge in [-0.25, -0.2) is 31.3 Å². The number of anilines is 1. The SMILES string of the molecule is N/C=C(/NC(=O)c1nc(-c2c(F)cccc2F)sc1N)C(=NCC(F)F)N1CCC(N)CC(F)(F)C1. The number of hydrogen-bond acceptors (Lipinski definition) is 7. The number of carbonyl (C=O) groups is 1. The molecule has 0 radical (unpaired) electrons. The van der Waals surface area contributed by atoms with Gasteiger partial charge >= 0.3 is 0 Å². The van der Waals surface area contributed by atoms with Crippen LogP contribution in [-0.4, -0.2) is 59.7 Å². The summed E-state index contributed by atoms with van der Waals surface area (Å²) in [6.07, 6.45) is -2.63. The van der Waals surface area contributed by atoms with Crippen molar-refractivity contribution in [3.8, 4) is 10.6 Å². The fraction of sp³-hybridized carbons (Fsp3) is 0.381. The summed E-state index contributed by atoms with van der Waals surface area (Å²) in [7, 11) is 0. The summed E-state index contributed by atoms with van der Waals surface area (Å²) < 4.78 is 82.8. The summed E-state index contributed by atoms with van der Waals surface area (Å²) in [5.74, 6) is -6.55. The molecule has 1 aromatic heterocycles. The average molecular weight is 536 g/mol. The van der Waals surface area contributed by atoms with Crippen molar-refractivity contribution in [2.24, 2.45) is 16.5 Å². The first-order valence-electron chi connectivity index (χ1n) is 10.6. The lowest BCUT2D eigenvalue weighted by Crippen LogP contribution is -2.44. The first-order valence-corrected chi connectivity index (χ1v) is 11.4. The van der Waals surface area contributed by atoms with E-state index in [1.807, 2.05) is 0 Å². The Kier molecular flexibility index (Phi) is 8.45. The van der Waals surface area contributed by atoms with Gasteiger partial charge in [0.25, 0.3) is 18.3 Å². The van der Waals surface area contributed by atoms with Crippen molar-refractivity contribution in [3.63, 3.8) is 0 Å². The monoisotopic (exact) mass is 535 g/mol. The largest absolute Gasteiger partial charge is 0.403 e. The van der Waals surface area contributed by atoms with Crippen molar-refractivity contribution < 1.29 is 31.1 Å². The van der Waals surface area contributed by atoms with Gasteiger partial charge in [-0.2, -0.15) is 0 Å². The molecule has 1 aliphatic heterocycles. The molecule has 1 unspecified atom stereocenters. The number of nitrogens with zero attached hydrogens (tertiary/aromatic N) is 3. The summed E-state index contributed by atoms with van der Waals surface area (Å²) in [6.45, 7) is -2.01. The van der Waals surface area contributed by atoms with E-state index < -0.39 is 72.5 Å². The number of aromatic nitrogens is 1. The standard InChI is InChI=1S/C21H23F6N7OS/c22-11-2-1-3-12(23)15(11)20-33-16(17(30)36-20)19(35)32-13(7-28)18(31-8-14(24)25)34-5-4-10(29)6-21(26,27)9-34/h1-3,7,10,14H,4-6,8-9,28-30H2,(H,32,35)/b13-7+,31-18?. The highest BCUT2D eigenvalue weighted by atomic mass is 32.1. The fourth-order valence-electron chi connectivity index (χ4n) is 3.58. The van der Waals surface area contributed by atoms with E-state index in [1.165, 1.54) is 0 Å². The van der Waals surface area contributed by atoms with Crippen molar-refractivity contribution in [1.82, 2.24) is 15.2 Å². The molecular weight excluding hydrogens is 512 g/mol. The van der Waals surface area contributed by atoms with Gasteiger partial charge in [0.15, 0.2) is 5.69 Å². The third kappa shape index (κ3) is 6.46. The molecule has 1 fully saturated rings. The van der Waals surface area contributed by atoms with Crippen molar-refractivity contribution in [1.29, 1.82) is 0 Å². The minimum Gasteiger partial charge on any atom is -0.403 e. The number of alkyl halides is 4. The van der Waals surface area contributed by atoms with Gasteiger partial charge in [0.05, 0.1) is 17.8 Å². The maximum atomic E-state index is 14.4. The van der Waals surface area contributed by atoms with Crippen LogP contribution >= 0.6 is 11.3 Å². The van der Waals surface area contributed by atoms with Crippen molar-refractivity contribution >= 4 is 28.1 Å². The molecule has 0 spiro atoms. The predicted octanol–water partition coefficient (Wildman–Crippen LogP) is 2.92. The molecule has 1 aromatic carbocycles. The number of carbonyl (C=O) groups excluding carboxylic acids is 1. The maximum absolute atomic E-state index is 14.4. The minimum atomic E-state index is -3.26. The summed E-state index contributed by atoms with van der Waals surface area (Å²) >= 11 is 0.634. The zero-order valence-electron chi connectivity index (χ0n) is 18.7. The minimum absolute atomic E-state index is 0.0679.